The first-order chi connectivity index (χ1) is 11.7. The number of thiol groups is 1. The minimum absolute atomic E-state index is 0.941. The van der Waals surface area contributed by atoms with E-state index in [9.17, 15) is 0 Å². The number of likely N-dealkylation sites (tertiary alicyclic amines) is 1. The molecule has 142 valence electrons. The zero-order valence-corrected chi connectivity index (χ0v) is 17.3. The molecule has 0 amide bonds. The van der Waals surface area contributed by atoms with Gasteiger partial charge >= 0.3 is 0 Å². The van der Waals surface area contributed by atoms with E-state index in [1.165, 1.54) is 115 Å². The van der Waals surface area contributed by atoms with Crippen molar-refractivity contribution in [3.63, 3.8) is 0 Å². The van der Waals surface area contributed by atoms with Crippen LogP contribution in [0.5, 0.6) is 0 Å². The van der Waals surface area contributed by atoms with Crippen LogP contribution in [-0.4, -0.2) is 24.5 Å². The van der Waals surface area contributed by atoms with E-state index in [1.54, 1.807) is 0 Å². The van der Waals surface area contributed by atoms with Gasteiger partial charge in [-0.1, -0.05) is 97.1 Å². The van der Waals surface area contributed by atoms with E-state index in [1.807, 2.05) is 0 Å². The molecule has 0 bridgehead atoms. The number of thiocyanates is 1. The lowest BCUT2D eigenvalue weighted by molar-refractivity contribution is 0.180. The van der Waals surface area contributed by atoms with Crippen molar-refractivity contribution in [3.8, 4) is 5.40 Å². The second-order valence-corrected chi connectivity index (χ2v) is 7.74. The second-order valence-electron chi connectivity index (χ2n) is 7.54. The van der Waals surface area contributed by atoms with E-state index in [0.717, 1.165) is 5.92 Å². The van der Waals surface area contributed by atoms with Crippen molar-refractivity contribution >= 4 is 12.6 Å². The summed E-state index contributed by atoms with van der Waals surface area (Å²) in [6.07, 6.45) is 20.4. The van der Waals surface area contributed by atoms with Crippen LogP contribution in [0.25, 0.3) is 0 Å². The summed E-state index contributed by atoms with van der Waals surface area (Å²) in [5.74, 6) is 0.941. The molecular formula is C21H42N2S. The first kappa shape index (κ1) is 23.8. The van der Waals surface area contributed by atoms with Gasteiger partial charge in [0.05, 0.1) is 0 Å². The SMILES string of the molecule is CCCCCCCCCCCCCCN1CCCC(C)C1.N#CS. The maximum Gasteiger partial charge on any atom is 0.130 e. The largest absolute Gasteiger partial charge is 0.303 e. The van der Waals surface area contributed by atoms with Gasteiger partial charge in [-0.3, -0.25) is 0 Å². The molecule has 0 radical (unpaired) electrons. The Labute approximate surface area is 157 Å². The van der Waals surface area contributed by atoms with Crippen molar-refractivity contribution in [2.24, 2.45) is 5.92 Å². The number of hydrogen-bond donors (Lipinski definition) is 1. The highest BCUT2D eigenvalue weighted by Gasteiger charge is 2.14. The van der Waals surface area contributed by atoms with E-state index in [0.29, 0.717) is 0 Å². The molecule has 0 spiro atoms. The summed E-state index contributed by atoms with van der Waals surface area (Å²) in [5, 5.41) is 8.63. The molecule has 0 aromatic heterocycles. The van der Waals surface area contributed by atoms with E-state index in [-0.39, 0.29) is 0 Å². The zero-order valence-electron chi connectivity index (χ0n) is 16.4. The predicted octanol–water partition coefficient (Wildman–Crippen LogP) is 6.82. The number of nitrogens with zero attached hydrogens (tertiary/aromatic N) is 2. The van der Waals surface area contributed by atoms with Gasteiger partial charge in [-0.05, 0) is 38.3 Å². The van der Waals surface area contributed by atoms with Crippen molar-refractivity contribution < 1.29 is 0 Å². The number of unbranched alkanes of at least 4 members (excludes halogenated alkanes) is 11. The normalized spacial score (nSPS) is 17.8. The number of rotatable bonds is 13. The monoisotopic (exact) mass is 354 g/mol. The Morgan fingerprint density at radius 1 is 0.917 bits per heavy atom. The number of nitriles is 1. The highest BCUT2D eigenvalue weighted by molar-refractivity contribution is 7.85. The molecule has 0 aromatic carbocycles. The fourth-order valence-corrected chi connectivity index (χ4v) is 3.67. The lowest BCUT2D eigenvalue weighted by atomic mass is 10.00. The van der Waals surface area contributed by atoms with E-state index in [2.05, 4.69) is 31.4 Å². The predicted molar refractivity (Wildman–Crippen MR) is 111 cm³/mol. The summed E-state index contributed by atoms with van der Waals surface area (Å²) in [6.45, 7) is 8.79. The molecule has 1 rings (SSSR count). The van der Waals surface area contributed by atoms with Gasteiger partial charge in [0.25, 0.3) is 0 Å². The summed E-state index contributed by atoms with van der Waals surface area (Å²) in [7, 11) is 0. The van der Waals surface area contributed by atoms with Gasteiger partial charge in [0, 0.05) is 6.54 Å². The Morgan fingerprint density at radius 2 is 1.38 bits per heavy atom. The van der Waals surface area contributed by atoms with Gasteiger partial charge in [0.1, 0.15) is 5.40 Å². The average Bonchev–Trinajstić information content (AvgIpc) is 2.57. The van der Waals surface area contributed by atoms with Gasteiger partial charge in [0.15, 0.2) is 0 Å². The molecule has 1 atom stereocenters. The van der Waals surface area contributed by atoms with Gasteiger partial charge < -0.3 is 4.90 Å². The Morgan fingerprint density at radius 3 is 1.83 bits per heavy atom. The van der Waals surface area contributed by atoms with Crippen LogP contribution < -0.4 is 0 Å². The second kappa shape index (κ2) is 19.1. The lowest BCUT2D eigenvalue weighted by Gasteiger charge is -2.30. The Kier molecular flexibility index (Phi) is 19.0. The molecule has 1 saturated heterocycles. The van der Waals surface area contributed by atoms with Crippen molar-refractivity contribution in [2.75, 3.05) is 19.6 Å². The van der Waals surface area contributed by atoms with Gasteiger partial charge in [0.2, 0.25) is 0 Å². The van der Waals surface area contributed by atoms with Crippen molar-refractivity contribution in [1.29, 1.82) is 5.26 Å². The summed E-state index contributed by atoms with van der Waals surface area (Å²) in [5.41, 5.74) is 0. The molecule has 0 aromatic rings. The van der Waals surface area contributed by atoms with Crippen LogP contribution in [0.2, 0.25) is 0 Å². The average molecular weight is 355 g/mol. The van der Waals surface area contributed by atoms with E-state index < -0.39 is 0 Å². The van der Waals surface area contributed by atoms with Crippen LogP contribution in [0.3, 0.4) is 0 Å². The standard InChI is InChI=1S/C20H41N.CHNS/c1-3-4-5-6-7-8-9-10-11-12-13-14-17-21-18-15-16-20(2)19-21;2-1-3/h20H,3-19H2,1-2H3;3H. The number of piperidine rings is 1. The maximum absolute atomic E-state index is 7.18. The highest BCUT2D eigenvalue weighted by Crippen LogP contribution is 2.16. The molecule has 1 aliphatic rings. The van der Waals surface area contributed by atoms with Crippen molar-refractivity contribution in [3.05, 3.63) is 0 Å². The van der Waals surface area contributed by atoms with Crippen LogP contribution in [-0.2, 0) is 0 Å². The van der Waals surface area contributed by atoms with Crippen LogP contribution in [0.4, 0.5) is 0 Å². The molecule has 0 aliphatic carbocycles. The smallest absolute Gasteiger partial charge is 0.130 e. The molecular weight excluding hydrogens is 312 g/mol. The summed E-state index contributed by atoms with van der Waals surface area (Å²) in [6, 6.07) is 0. The zero-order chi connectivity index (χ0) is 17.9. The third-order valence-electron chi connectivity index (χ3n) is 5.07. The molecule has 1 unspecified atom stereocenters. The molecule has 24 heavy (non-hydrogen) atoms. The fraction of sp³-hybridized carbons (Fsp3) is 0.952. The molecule has 3 heteroatoms. The molecule has 0 saturated carbocycles. The van der Waals surface area contributed by atoms with Crippen LogP contribution in [0.1, 0.15) is 104 Å². The van der Waals surface area contributed by atoms with Crippen molar-refractivity contribution in [1.82, 2.24) is 4.90 Å². The van der Waals surface area contributed by atoms with E-state index >= 15 is 0 Å². The number of hydrogen-bond acceptors (Lipinski definition) is 3. The minimum Gasteiger partial charge on any atom is -0.303 e. The Hall–Kier alpha value is -0.200. The molecule has 1 aliphatic heterocycles. The fourth-order valence-electron chi connectivity index (χ4n) is 3.67. The molecule has 2 nitrogen and oxygen atoms in total. The molecule has 1 heterocycles. The highest BCUT2D eigenvalue weighted by atomic mass is 32.1. The van der Waals surface area contributed by atoms with Crippen molar-refractivity contribution in [2.45, 2.75) is 104 Å². The first-order valence-corrected chi connectivity index (χ1v) is 10.9. The first-order valence-electron chi connectivity index (χ1n) is 10.5. The van der Waals surface area contributed by atoms with E-state index in [4.69, 9.17) is 5.26 Å². The topological polar surface area (TPSA) is 27.0 Å². The summed E-state index contributed by atoms with van der Waals surface area (Å²) >= 11 is 3.09. The third kappa shape index (κ3) is 16.7. The molecule has 1 fully saturated rings. The maximum atomic E-state index is 7.18. The Bertz CT molecular complexity index is 288. The quantitative estimate of drug-likeness (QED) is 0.223. The lowest BCUT2D eigenvalue weighted by Crippen LogP contribution is -2.34. The van der Waals surface area contributed by atoms with Crippen LogP contribution in [0, 0.1) is 16.6 Å². The summed E-state index contributed by atoms with van der Waals surface area (Å²) in [4.78, 5) is 2.70. The molecule has 0 N–H and O–H groups in total. The van der Waals surface area contributed by atoms with Gasteiger partial charge in [-0.15, -0.1) is 0 Å². The Balaban J connectivity index is 0.00000163. The van der Waals surface area contributed by atoms with Gasteiger partial charge in [-0.25, -0.2) is 0 Å². The van der Waals surface area contributed by atoms with Crippen LogP contribution in [0.15, 0.2) is 0 Å². The third-order valence-corrected chi connectivity index (χ3v) is 5.07. The minimum atomic E-state index is 0.941. The summed E-state index contributed by atoms with van der Waals surface area (Å²) < 4.78 is 0. The van der Waals surface area contributed by atoms with Crippen LogP contribution >= 0.6 is 12.6 Å². The van der Waals surface area contributed by atoms with Gasteiger partial charge in [-0.2, -0.15) is 5.26 Å².